The van der Waals surface area contributed by atoms with Crippen LogP contribution >= 0.6 is 0 Å². The monoisotopic (exact) mass is 297 g/mol. The Balaban J connectivity index is 1.96. The van der Waals surface area contributed by atoms with Crippen molar-refractivity contribution < 1.29 is 4.74 Å². The Morgan fingerprint density at radius 2 is 1.00 bits per heavy atom. The van der Waals surface area contributed by atoms with E-state index >= 15 is 0 Å². The molecule has 2 nitrogen and oxygen atoms in total. The average Bonchev–Trinajstić information content (AvgIpc) is 3.36. The van der Waals surface area contributed by atoms with Gasteiger partial charge < -0.3 is 4.74 Å². The maximum atomic E-state index is 9.99. The fourth-order valence-electron chi connectivity index (χ4n) is 3.34. The number of benzene rings is 3. The van der Waals surface area contributed by atoms with Gasteiger partial charge in [0.05, 0.1) is 0 Å². The van der Waals surface area contributed by atoms with Gasteiger partial charge in [-0.2, -0.15) is 5.26 Å². The minimum Gasteiger partial charge on any atom is -0.332 e. The molecule has 0 saturated carbocycles. The molecule has 0 aromatic heterocycles. The summed E-state index contributed by atoms with van der Waals surface area (Å²) in [5.41, 5.74) is 1.13. The van der Waals surface area contributed by atoms with Crippen molar-refractivity contribution in [3.05, 3.63) is 108 Å². The summed E-state index contributed by atoms with van der Waals surface area (Å²) in [6.07, 6.45) is 0. The van der Waals surface area contributed by atoms with Gasteiger partial charge in [-0.15, -0.1) is 0 Å². The Labute approximate surface area is 135 Å². The van der Waals surface area contributed by atoms with Crippen LogP contribution in [0.15, 0.2) is 91.0 Å². The zero-order valence-corrected chi connectivity index (χ0v) is 12.5. The van der Waals surface area contributed by atoms with Crippen LogP contribution in [-0.2, 0) is 15.9 Å². The van der Waals surface area contributed by atoms with Gasteiger partial charge in [-0.25, -0.2) is 0 Å². The third-order valence-corrected chi connectivity index (χ3v) is 4.46. The van der Waals surface area contributed by atoms with Crippen molar-refractivity contribution in [3.63, 3.8) is 0 Å². The van der Waals surface area contributed by atoms with Gasteiger partial charge in [0, 0.05) is 5.56 Å². The highest BCUT2D eigenvalue weighted by Crippen LogP contribution is 2.65. The van der Waals surface area contributed by atoms with Crippen molar-refractivity contribution in [3.8, 4) is 6.07 Å². The zero-order valence-electron chi connectivity index (χ0n) is 12.5. The van der Waals surface area contributed by atoms with Crippen LogP contribution in [-0.4, -0.2) is 0 Å². The molecule has 23 heavy (non-hydrogen) atoms. The number of nitriles is 1. The third kappa shape index (κ3) is 1.84. The molecule has 4 rings (SSSR count). The van der Waals surface area contributed by atoms with E-state index in [0.29, 0.717) is 0 Å². The van der Waals surface area contributed by atoms with Crippen molar-refractivity contribution >= 4 is 0 Å². The molecule has 0 spiro atoms. The molecular weight excluding hydrogens is 282 g/mol. The van der Waals surface area contributed by atoms with Crippen LogP contribution in [0.1, 0.15) is 16.7 Å². The molecule has 0 radical (unpaired) electrons. The maximum absolute atomic E-state index is 9.99. The van der Waals surface area contributed by atoms with Crippen LogP contribution in [0, 0.1) is 11.3 Å². The van der Waals surface area contributed by atoms with E-state index < -0.39 is 11.2 Å². The van der Waals surface area contributed by atoms with Gasteiger partial charge in [0.15, 0.2) is 5.60 Å². The highest BCUT2D eigenvalue weighted by atomic mass is 16.6. The van der Waals surface area contributed by atoms with Gasteiger partial charge in [-0.05, 0) is 11.1 Å². The molecule has 0 bridgehead atoms. The van der Waals surface area contributed by atoms with Crippen LogP contribution in [0.5, 0.6) is 0 Å². The first-order chi connectivity index (χ1) is 11.3. The minimum absolute atomic E-state index is 0.758. The van der Waals surface area contributed by atoms with Crippen molar-refractivity contribution in [1.82, 2.24) is 0 Å². The second kappa shape index (κ2) is 5.08. The maximum Gasteiger partial charge on any atom is 0.218 e. The van der Waals surface area contributed by atoms with Crippen LogP contribution in [0.25, 0.3) is 0 Å². The van der Waals surface area contributed by atoms with E-state index in [0.717, 1.165) is 16.7 Å². The van der Waals surface area contributed by atoms with E-state index in [4.69, 9.17) is 4.74 Å². The van der Waals surface area contributed by atoms with E-state index in [1.54, 1.807) is 0 Å². The average molecular weight is 297 g/mol. The fraction of sp³-hybridized carbons (Fsp3) is 0.0952. The van der Waals surface area contributed by atoms with Crippen LogP contribution < -0.4 is 0 Å². The Bertz CT molecular complexity index is 813. The molecule has 3 aromatic rings. The smallest absolute Gasteiger partial charge is 0.218 e. The summed E-state index contributed by atoms with van der Waals surface area (Å²) in [7, 11) is 0. The van der Waals surface area contributed by atoms with E-state index in [1.807, 2.05) is 91.0 Å². The predicted molar refractivity (Wildman–Crippen MR) is 88.5 cm³/mol. The molecule has 3 aromatic carbocycles. The van der Waals surface area contributed by atoms with Gasteiger partial charge in [-0.3, -0.25) is 0 Å². The molecule has 0 N–H and O–H groups in total. The van der Waals surface area contributed by atoms with Gasteiger partial charge in [-0.1, -0.05) is 91.0 Å². The molecule has 2 heteroatoms. The molecule has 1 unspecified atom stereocenters. The molecule has 1 aliphatic heterocycles. The summed E-state index contributed by atoms with van der Waals surface area (Å²) in [5.74, 6) is 0. The normalized spacial score (nSPS) is 21.3. The molecule has 1 heterocycles. The van der Waals surface area contributed by atoms with Crippen molar-refractivity contribution in [1.29, 1.82) is 5.26 Å². The van der Waals surface area contributed by atoms with Gasteiger partial charge >= 0.3 is 0 Å². The first kappa shape index (κ1) is 13.8. The highest BCUT2D eigenvalue weighted by molar-refractivity contribution is 5.55. The van der Waals surface area contributed by atoms with E-state index in [9.17, 15) is 5.26 Å². The topological polar surface area (TPSA) is 36.3 Å². The Hall–Kier alpha value is -2.89. The predicted octanol–water partition coefficient (Wildman–Crippen LogP) is 4.38. The molecule has 1 atom stereocenters. The third-order valence-electron chi connectivity index (χ3n) is 4.46. The number of nitrogens with zero attached hydrogens (tertiary/aromatic N) is 1. The summed E-state index contributed by atoms with van der Waals surface area (Å²) < 4.78 is 6.24. The van der Waals surface area contributed by atoms with Gasteiger partial charge in [0.1, 0.15) is 6.07 Å². The summed E-state index contributed by atoms with van der Waals surface area (Å²) in [4.78, 5) is 0. The van der Waals surface area contributed by atoms with Gasteiger partial charge in [0.2, 0.25) is 5.60 Å². The quantitative estimate of drug-likeness (QED) is 0.673. The lowest BCUT2D eigenvalue weighted by molar-refractivity contribution is 0.307. The van der Waals surface area contributed by atoms with E-state index in [-0.39, 0.29) is 0 Å². The molecule has 0 amide bonds. The lowest BCUT2D eigenvalue weighted by atomic mass is 9.78. The molecule has 1 saturated heterocycles. The number of hydrogen-bond donors (Lipinski definition) is 0. The van der Waals surface area contributed by atoms with Crippen LogP contribution in [0.3, 0.4) is 0 Å². The Morgan fingerprint density at radius 1 is 0.609 bits per heavy atom. The zero-order chi connectivity index (χ0) is 15.8. The summed E-state index contributed by atoms with van der Waals surface area (Å²) >= 11 is 0. The molecule has 0 aliphatic carbocycles. The van der Waals surface area contributed by atoms with Crippen molar-refractivity contribution in [2.45, 2.75) is 11.2 Å². The lowest BCUT2D eigenvalue weighted by Gasteiger charge is -2.17. The summed E-state index contributed by atoms with van der Waals surface area (Å²) in [6, 6.07) is 32.1. The standard InChI is InChI=1S/C21H15NO/c22-16-20(17-10-4-1-5-11-17)21(23-20,18-12-6-2-7-13-18)19-14-8-3-9-15-19/h1-15H. The van der Waals surface area contributed by atoms with Crippen molar-refractivity contribution in [2.75, 3.05) is 0 Å². The van der Waals surface area contributed by atoms with Gasteiger partial charge in [0.25, 0.3) is 0 Å². The Morgan fingerprint density at radius 3 is 1.39 bits per heavy atom. The molecule has 1 aliphatic rings. The Kier molecular flexibility index (Phi) is 3.04. The van der Waals surface area contributed by atoms with Crippen LogP contribution in [0.4, 0.5) is 0 Å². The molecule has 1 fully saturated rings. The second-order valence-electron chi connectivity index (χ2n) is 5.67. The largest absolute Gasteiger partial charge is 0.332 e. The minimum atomic E-state index is -0.989. The highest BCUT2D eigenvalue weighted by Gasteiger charge is 2.73. The SMILES string of the molecule is N#CC1(c2ccccc2)OC1(c1ccccc1)c1ccccc1. The fourth-order valence-corrected chi connectivity index (χ4v) is 3.34. The number of epoxide rings is 1. The number of hydrogen-bond acceptors (Lipinski definition) is 2. The summed E-state index contributed by atoms with van der Waals surface area (Å²) in [5, 5.41) is 9.99. The summed E-state index contributed by atoms with van der Waals surface area (Å²) in [6.45, 7) is 0. The van der Waals surface area contributed by atoms with E-state index in [2.05, 4.69) is 6.07 Å². The van der Waals surface area contributed by atoms with E-state index in [1.165, 1.54) is 0 Å². The number of ether oxygens (including phenoxy) is 1. The van der Waals surface area contributed by atoms with Crippen molar-refractivity contribution in [2.24, 2.45) is 0 Å². The molecular formula is C21H15NO. The lowest BCUT2D eigenvalue weighted by Crippen LogP contribution is -2.22. The first-order valence-corrected chi connectivity index (χ1v) is 7.61. The molecule has 110 valence electrons. The van der Waals surface area contributed by atoms with Crippen LogP contribution in [0.2, 0.25) is 0 Å². The number of rotatable bonds is 3. The second-order valence-corrected chi connectivity index (χ2v) is 5.67. The first-order valence-electron chi connectivity index (χ1n) is 7.61.